The molecule has 0 saturated carbocycles. The van der Waals surface area contributed by atoms with Crippen molar-refractivity contribution in [2.75, 3.05) is 0 Å². The Bertz CT molecular complexity index is 899. The molecule has 178 valence electrons. The number of benzene rings is 2. The van der Waals surface area contributed by atoms with E-state index in [-0.39, 0.29) is 18.0 Å². The molecule has 2 N–H and O–H groups in total. The van der Waals surface area contributed by atoms with Crippen molar-refractivity contribution in [2.24, 2.45) is 11.7 Å². The second kappa shape index (κ2) is 12.9. The lowest BCUT2D eigenvalue weighted by molar-refractivity contribution is -0.186. The summed E-state index contributed by atoms with van der Waals surface area (Å²) in [4.78, 5) is 23.1. The molecule has 0 spiro atoms. The number of rotatable bonds is 14. The number of amides is 1. The summed E-state index contributed by atoms with van der Waals surface area (Å²) in [5.74, 6) is 1.94. The summed E-state index contributed by atoms with van der Waals surface area (Å²) in [5.41, 5.74) is 6.11. The van der Waals surface area contributed by atoms with Gasteiger partial charge < -0.3 is 19.9 Å². The molecular formula is C27H35NO5. The number of unbranched alkanes of at least 4 members (excludes halogenated alkanes) is 5. The van der Waals surface area contributed by atoms with E-state index < -0.39 is 6.09 Å². The van der Waals surface area contributed by atoms with Gasteiger partial charge in [-0.1, -0.05) is 57.2 Å². The van der Waals surface area contributed by atoms with Gasteiger partial charge in [-0.2, -0.15) is 0 Å². The number of carbonyl (C=O) groups is 2. The number of hydrogen-bond donors (Lipinski definition) is 1. The zero-order chi connectivity index (χ0) is 23.5. The van der Waals surface area contributed by atoms with E-state index in [1.54, 1.807) is 12.1 Å². The highest BCUT2D eigenvalue weighted by Gasteiger charge is 2.40. The molecule has 33 heavy (non-hydrogen) atoms. The van der Waals surface area contributed by atoms with Crippen molar-refractivity contribution in [2.45, 2.75) is 77.2 Å². The van der Waals surface area contributed by atoms with Gasteiger partial charge in [0.2, 0.25) is 0 Å². The lowest BCUT2D eigenvalue weighted by Gasteiger charge is -2.35. The summed E-state index contributed by atoms with van der Waals surface area (Å²) in [7, 11) is 0. The fraction of sp³-hybridized carbons (Fsp3) is 0.481. The van der Waals surface area contributed by atoms with E-state index in [2.05, 4.69) is 6.92 Å². The van der Waals surface area contributed by atoms with Gasteiger partial charge in [0.15, 0.2) is 0 Å². The number of primary amides is 1. The highest BCUT2D eigenvalue weighted by atomic mass is 16.6. The van der Waals surface area contributed by atoms with Crippen LogP contribution in [0.5, 0.6) is 17.2 Å². The molecule has 3 rings (SSSR count). The Hall–Kier alpha value is -3.02. The van der Waals surface area contributed by atoms with Crippen LogP contribution in [0.1, 0.15) is 70.3 Å². The van der Waals surface area contributed by atoms with Crippen LogP contribution in [0, 0.1) is 5.92 Å². The lowest BCUT2D eigenvalue weighted by atomic mass is 9.87. The molecule has 0 bridgehead atoms. The second-order valence-electron chi connectivity index (χ2n) is 8.64. The van der Waals surface area contributed by atoms with E-state index in [1.165, 1.54) is 19.3 Å². The molecule has 2 atom stereocenters. The third-order valence-corrected chi connectivity index (χ3v) is 6.04. The Morgan fingerprint density at radius 3 is 2.42 bits per heavy atom. The summed E-state index contributed by atoms with van der Waals surface area (Å²) in [6.07, 6.45) is 9.48. The second-order valence-corrected chi connectivity index (χ2v) is 8.64. The molecule has 1 aliphatic heterocycles. The van der Waals surface area contributed by atoms with Crippen LogP contribution in [0.4, 0.5) is 4.79 Å². The number of ether oxygens (including phenoxy) is 3. The van der Waals surface area contributed by atoms with Crippen LogP contribution in [0.3, 0.4) is 0 Å². The fourth-order valence-corrected chi connectivity index (χ4v) is 4.24. The third kappa shape index (κ3) is 7.81. The van der Waals surface area contributed by atoms with Gasteiger partial charge in [-0.3, -0.25) is 4.79 Å². The lowest BCUT2D eigenvalue weighted by Crippen LogP contribution is -2.44. The van der Waals surface area contributed by atoms with Crippen LogP contribution in [0.2, 0.25) is 0 Å². The largest absolute Gasteiger partial charge is 0.461 e. The van der Waals surface area contributed by atoms with Crippen LogP contribution in [-0.4, -0.2) is 18.2 Å². The van der Waals surface area contributed by atoms with Crippen molar-refractivity contribution in [1.82, 2.24) is 0 Å². The maximum atomic E-state index is 11.8. The number of esters is 1. The zero-order valence-electron chi connectivity index (χ0n) is 19.5. The molecule has 1 heterocycles. The monoisotopic (exact) mass is 453 g/mol. The molecule has 2 aromatic rings. The van der Waals surface area contributed by atoms with E-state index in [1.807, 2.05) is 36.4 Å². The summed E-state index contributed by atoms with van der Waals surface area (Å²) >= 11 is 0. The van der Waals surface area contributed by atoms with Crippen molar-refractivity contribution in [3.8, 4) is 17.2 Å². The van der Waals surface area contributed by atoms with E-state index in [4.69, 9.17) is 19.9 Å². The van der Waals surface area contributed by atoms with Crippen molar-refractivity contribution in [1.29, 1.82) is 0 Å². The minimum Gasteiger partial charge on any atom is -0.461 e. The van der Waals surface area contributed by atoms with Gasteiger partial charge in [0.1, 0.15) is 23.4 Å². The number of nitrogens with two attached hydrogens (primary N) is 1. The minimum absolute atomic E-state index is 0.0278. The van der Waals surface area contributed by atoms with Crippen LogP contribution < -0.4 is 15.2 Å². The van der Waals surface area contributed by atoms with Gasteiger partial charge in [0.05, 0.1) is 5.92 Å². The third-order valence-electron chi connectivity index (χ3n) is 6.04. The number of cyclic esters (lactones) is 1. The molecule has 0 radical (unpaired) electrons. The van der Waals surface area contributed by atoms with Crippen molar-refractivity contribution in [3.05, 3.63) is 54.1 Å². The summed E-state index contributed by atoms with van der Waals surface area (Å²) < 4.78 is 16.5. The summed E-state index contributed by atoms with van der Waals surface area (Å²) in [6, 6.07) is 14.9. The van der Waals surface area contributed by atoms with E-state index in [0.717, 1.165) is 56.3 Å². The molecule has 6 heteroatoms. The SMILES string of the molecule is CCCCCC[C@@H]1C(=O)O[C@H]1CCCCCc1cc(Oc2ccccc2)ccc1OC(N)=O. The maximum absolute atomic E-state index is 11.8. The molecule has 1 aliphatic rings. The predicted molar refractivity (Wildman–Crippen MR) is 127 cm³/mol. The van der Waals surface area contributed by atoms with E-state index in [9.17, 15) is 9.59 Å². The van der Waals surface area contributed by atoms with Crippen LogP contribution in [0.25, 0.3) is 0 Å². The standard InChI is InChI=1S/C27H35NO5/c1-2-3-4-10-15-23-25(32-26(23)29)16-11-5-7-12-20-19-22(17-18-24(20)33-27(28)30)31-21-13-8-6-9-14-21/h6,8-9,13-14,17-19,23,25H,2-5,7,10-12,15-16H2,1H3,(H2,28,30)/t23-,25-/m0/s1. The zero-order valence-corrected chi connectivity index (χ0v) is 19.5. The predicted octanol–water partition coefficient (Wildman–Crippen LogP) is 6.55. The van der Waals surface area contributed by atoms with Gasteiger partial charge >= 0.3 is 12.1 Å². The normalized spacial score (nSPS) is 17.2. The minimum atomic E-state index is -0.829. The summed E-state index contributed by atoms with van der Waals surface area (Å²) in [5, 5.41) is 0. The summed E-state index contributed by atoms with van der Waals surface area (Å²) in [6.45, 7) is 2.19. The van der Waals surface area contributed by atoms with Crippen LogP contribution in [0.15, 0.2) is 48.5 Å². The first-order valence-corrected chi connectivity index (χ1v) is 12.1. The average molecular weight is 454 g/mol. The first-order chi connectivity index (χ1) is 16.1. The van der Waals surface area contributed by atoms with Crippen molar-refractivity contribution >= 4 is 12.1 Å². The highest BCUT2D eigenvalue weighted by Crippen LogP contribution is 2.32. The first kappa shape index (κ1) is 24.6. The van der Waals surface area contributed by atoms with Gasteiger partial charge in [0, 0.05) is 0 Å². The first-order valence-electron chi connectivity index (χ1n) is 12.1. The molecule has 0 aliphatic carbocycles. The molecule has 1 amide bonds. The Balaban J connectivity index is 1.46. The molecule has 1 saturated heterocycles. The van der Waals surface area contributed by atoms with Crippen molar-refractivity contribution < 1.29 is 23.8 Å². The smallest absolute Gasteiger partial charge is 0.409 e. The molecular weight excluding hydrogens is 418 g/mol. The fourth-order valence-electron chi connectivity index (χ4n) is 4.24. The number of para-hydroxylation sites is 1. The van der Waals surface area contributed by atoms with Crippen LogP contribution >= 0.6 is 0 Å². The van der Waals surface area contributed by atoms with Gasteiger partial charge in [-0.25, -0.2) is 4.79 Å². The van der Waals surface area contributed by atoms with Crippen molar-refractivity contribution in [3.63, 3.8) is 0 Å². The quantitative estimate of drug-likeness (QED) is 0.259. The molecule has 6 nitrogen and oxygen atoms in total. The van der Waals surface area contributed by atoms with E-state index >= 15 is 0 Å². The van der Waals surface area contributed by atoms with Gasteiger partial charge in [-0.05, 0) is 68.0 Å². The molecule has 1 fully saturated rings. The number of hydrogen-bond acceptors (Lipinski definition) is 5. The molecule has 0 aromatic heterocycles. The van der Waals surface area contributed by atoms with Crippen LogP contribution in [-0.2, 0) is 16.0 Å². The Labute approximate surface area is 196 Å². The molecule has 2 aromatic carbocycles. The average Bonchev–Trinajstić information content (AvgIpc) is 2.80. The Kier molecular flexibility index (Phi) is 9.60. The highest BCUT2D eigenvalue weighted by molar-refractivity contribution is 5.78. The Morgan fingerprint density at radius 2 is 1.70 bits per heavy atom. The number of carbonyl (C=O) groups excluding carboxylic acids is 2. The van der Waals surface area contributed by atoms with E-state index in [0.29, 0.717) is 11.5 Å². The maximum Gasteiger partial charge on any atom is 0.409 e. The van der Waals surface area contributed by atoms with Gasteiger partial charge in [0.25, 0.3) is 0 Å². The molecule has 0 unspecified atom stereocenters. The topological polar surface area (TPSA) is 87.8 Å². The Morgan fingerprint density at radius 1 is 0.939 bits per heavy atom. The number of aryl methyl sites for hydroxylation is 1. The van der Waals surface area contributed by atoms with Gasteiger partial charge in [-0.15, -0.1) is 0 Å².